The number of aromatic nitrogens is 17. The lowest BCUT2D eigenvalue weighted by atomic mass is 9.83. The molecule has 0 radical (unpaired) electrons. The van der Waals surface area contributed by atoms with E-state index >= 15 is 0 Å². The van der Waals surface area contributed by atoms with Gasteiger partial charge in [-0.25, -0.2) is 79.8 Å². The van der Waals surface area contributed by atoms with Crippen LogP contribution in [0.5, 0.6) is 5.88 Å². The number of esters is 1. The number of halogens is 8. The van der Waals surface area contributed by atoms with E-state index in [2.05, 4.69) is 107 Å². The first-order valence-corrected chi connectivity index (χ1v) is 39.1. The molecule has 5 fully saturated rings. The van der Waals surface area contributed by atoms with Crippen LogP contribution in [0.3, 0.4) is 0 Å². The van der Waals surface area contributed by atoms with Gasteiger partial charge in [0.05, 0.1) is 42.6 Å². The molecule has 4 unspecified atom stereocenters. The number of hydrogen-bond acceptors (Lipinski definition) is 24. The molecule has 4 atom stereocenters. The molecule has 0 bridgehead atoms. The van der Waals surface area contributed by atoms with E-state index in [1.807, 2.05) is 63.8 Å². The number of rotatable bonds is 22. The molecule has 119 heavy (non-hydrogen) atoms. The molecule has 0 amide bonds. The van der Waals surface area contributed by atoms with Crippen LogP contribution in [-0.4, -0.2) is 131 Å². The Morgan fingerprint density at radius 3 is 1.21 bits per heavy atom. The summed E-state index contributed by atoms with van der Waals surface area (Å²) in [5.41, 5.74) is 5.08. The zero-order chi connectivity index (χ0) is 82.5. The van der Waals surface area contributed by atoms with Crippen molar-refractivity contribution in [1.29, 1.82) is 0 Å². The number of pyridine rings is 1. The number of ether oxygens (including phenoxy) is 2. The van der Waals surface area contributed by atoms with E-state index in [9.17, 15) is 39.9 Å². The summed E-state index contributed by atoms with van der Waals surface area (Å²) < 4.78 is 121. The molecular weight excluding hydrogens is 1550 g/mol. The zero-order valence-electron chi connectivity index (χ0n) is 64.8. The summed E-state index contributed by atoms with van der Waals surface area (Å²) in [5.74, 6) is 3.35. The number of hydrogen-bond donors (Lipinski definition) is 8. The van der Waals surface area contributed by atoms with Crippen LogP contribution < -0.4 is 45.6 Å². The summed E-state index contributed by atoms with van der Waals surface area (Å²) in [6, 6.07) is 32.2. The van der Waals surface area contributed by atoms with E-state index in [0.717, 1.165) is 118 Å². The quantitative estimate of drug-likeness (QED) is 0.0231. The molecule has 1 saturated carbocycles. The zero-order valence-corrected chi connectivity index (χ0v) is 64.8. The fraction of sp³-hybridized carbons (Fsp3) is 0.301. The van der Waals surface area contributed by atoms with Gasteiger partial charge >= 0.3 is 5.97 Å². The molecule has 4 aromatic carbocycles. The highest BCUT2D eigenvalue weighted by Gasteiger charge is 2.35. The van der Waals surface area contributed by atoms with Gasteiger partial charge in [0.1, 0.15) is 130 Å². The lowest BCUT2D eigenvalue weighted by Gasteiger charge is -2.26. The highest BCUT2D eigenvalue weighted by atomic mass is 19.2. The molecule has 5 aliphatic rings. The van der Waals surface area contributed by atoms with Crippen LogP contribution in [0, 0.1) is 46.5 Å². The van der Waals surface area contributed by atoms with Gasteiger partial charge in [-0.2, -0.15) is 15.3 Å². The minimum atomic E-state index is -0.601. The molecular formula is C83H83F8N25O3. The predicted molar refractivity (Wildman–Crippen MR) is 430 cm³/mol. The summed E-state index contributed by atoms with van der Waals surface area (Å²) in [7, 11) is 0. The monoisotopic (exact) mass is 1630 g/mol. The molecule has 0 spiro atoms. The highest BCUT2D eigenvalue weighted by molar-refractivity contribution is 5.88. The van der Waals surface area contributed by atoms with Crippen LogP contribution in [0.2, 0.25) is 0 Å². The predicted octanol–water partition coefficient (Wildman–Crippen LogP) is 17.5. The maximum absolute atomic E-state index is 14.4. The van der Waals surface area contributed by atoms with Crippen LogP contribution in [0.25, 0.3) is 11.3 Å². The molecule has 4 saturated heterocycles. The van der Waals surface area contributed by atoms with E-state index in [1.54, 1.807) is 43.6 Å². The van der Waals surface area contributed by atoms with Crippen molar-refractivity contribution in [3.05, 3.63) is 251 Å². The number of carbonyl (C=O) groups is 1. The van der Waals surface area contributed by atoms with Gasteiger partial charge in [0.15, 0.2) is 17.5 Å². The number of nitrogens with zero attached hydrogens (tertiary/aromatic N) is 17. The average Bonchev–Trinajstić information content (AvgIpc) is 1.73. The summed E-state index contributed by atoms with van der Waals surface area (Å²) in [4.78, 5) is 58.3. The fourth-order valence-electron chi connectivity index (χ4n) is 15.1. The summed E-state index contributed by atoms with van der Waals surface area (Å²) in [6.45, 7) is 8.74. The smallest absolute Gasteiger partial charge is 0.356 e. The van der Waals surface area contributed by atoms with Gasteiger partial charge in [0.2, 0.25) is 5.88 Å². The number of nitrogens with one attached hydrogen (secondary N) is 8. The molecule has 4 aliphatic heterocycles. The van der Waals surface area contributed by atoms with Gasteiger partial charge in [-0.05, 0) is 121 Å². The molecule has 8 N–H and O–H groups in total. The Hall–Kier alpha value is -13.7. The lowest BCUT2D eigenvalue weighted by molar-refractivity contribution is 0.0519. The fourth-order valence-corrected chi connectivity index (χ4v) is 15.1. The highest BCUT2D eigenvalue weighted by Crippen LogP contribution is 2.43. The molecule has 9 aromatic heterocycles. The second-order valence-corrected chi connectivity index (χ2v) is 29.0. The number of H-pyrrole nitrogens is 4. The summed E-state index contributed by atoms with van der Waals surface area (Å²) in [5, 5.41) is 40.8. The molecule has 614 valence electrons. The van der Waals surface area contributed by atoms with E-state index in [0.29, 0.717) is 105 Å². The standard InChI is InChI=1S/C22H19F2N7.C21H22F2N6.C20H20F2N6O2.C20H22F2N6O/c23-15-3-4-16(17(24)10-15)19-2-1-9-31(19)22-12-20(26-13-27-22)28-21-11-18(29-30-21)14-5-7-25-8-6-14;22-14-6-7-15(16(23)9-14)18-5-2-8-29(18)21-11-19(24-12-25-21)26-20-10-17(27-28-20)13-3-1-4-13;1-2-30-20(29)15-9-18(27-26-15)25-17-10-19(24-11-23-17)28-7-3-4-16(28)13-6-5-12(21)8-14(13)22;1-12(2)29-20-10-18(26-27-20)25-17-9-19(24-11-23-17)28-7-3-4-16(28)14-6-5-13(21)8-15(14)22/h3-8,10-13,19H,1-2,9H2,(H2,26,27,28,29,30);6-7,9-13,18H,1-5,8H2,(H2,24,25,26,27,28);5-6,8-11,16H,2-4,7H2,1H3,(H2,23,24,25,26,27);5-6,8-12,16H,3-4,7H2,1-2H3,(H2,23,24,25,26,27). The number of carbonyl (C=O) groups excluding carboxylic acids is 1. The third-order valence-corrected chi connectivity index (χ3v) is 20.8. The van der Waals surface area contributed by atoms with Crippen molar-refractivity contribution in [2.45, 2.75) is 128 Å². The average molecular weight is 1630 g/mol. The molecule has 13 aromatic rings. The van der Waals surface area contributed by atoms with E-state index in [-0.39, 0.29) is 42.6 Å². The van der Waals surface area contributed by atoms with Crippen LogP contribution in [0.15, 0.2) is 171 Å². The van der Waals surface area contributed by atoms with Crippen molar-refractivity contribution >= 4 is 75.8 Å². The first-order valence-electron chi connectivity index (χ1n) is 39.1. The Morgan fingerprint density at radius 1 is 0.420 bits per heavy atom. The lowest BCUT2D eigenvalue weighted by Crippen LogP contribution is -2.24. The summed E-state index contributed by atoms with van der Waals surface area (Å²) in [6.07, 6.45) is 19.6. The molecule has 18 rings (SSSR count). The first-order chi connectivity index (χ1) is 57.9. The molecule has 1 aliphatic carbocycles. The van der Waals surface area contributed by atoms with Crippen molar-refractivity contribution in [3.8, 4) is 17.1 Å². The van der Waals surface area contributed by atoms with Gasteiger partial charge in [-0.15, -0.1) is 5.10 Å². The maximum atomic E-state index is 14.4. The first kappa shape index (κ1) is 80.5. The van der Waals surface area contributed by atoms with Crippen LogP contribution in [-0.2, 0) is 4.74 Å². The van der Waals surface area contributed by atoms with Gasteiger partial charge in [-0.3, -0.25) is 25.4 Å². The normalized spacial score (nSPS) is 16.9. The Balaban J connectivity index is 0.000000124. The Bertz CT molecular complexity index is 5620. The second kappa shape index (κ2) is 37.1. The van der Waals surface area contributed by atoms with Crippen LogP contribution in [0.1, 0.15) is 160 Å². The largest absolute Gasteiger partial charge is 0.474 e. The Morgan fingerprint density at radius 2 is 0.815 bits per heavy atom. The molecule has 13 heterocycles. The molecule has 28 nitrogen and oxygen atoms in total. The topological polar surface area (TPSA) is 327 Å². The summed E-state index contributed by atoms with van der Waals surface area (Å²) >= 11 is 0. The van der Waals surface area contributed by atoms with Crippen molar-refractivity contribution in [3.63, 3.8) is 0 Å². The number of anilines is 12. The van der Waals surface area contributed by atoms with Gasteiger partial charge in [0, 0.05) is 151 Å². The van der Waals surface area contributed by atoms with Gasteiger partial charge in [0.25, 0.3) is 0 Å². The maximum Gasteiger partial charge on any atom is 0.356 e. The van der Waals surface area contributed by atoms with Crippen molar-refractivity contribution in [2.24, 2.45) is 0 Å². The number of benzene rings is 4. The van der Waals surface area contributed by atoms with E-state index in [4.69, 9.17) is 9.47 Å². The minimum Gasteiger partial charge on any atom is -0.474 e. The Kier molecular flexibility index (Phi) is 25.1. The van der Waals surface area contributed by atoms with Gasteiger partial charge in [-0.1, -0.05) is 30.7 Å². The SMILES string of the molecule is CC(C)Oc1cc(Nc2cc(N3CCCC3c3ccc(F)cc3F)ncn2)[nH]n1.CCOC(=O)c1cc(Nc2cc(N3CCCC3c3ccc(F)cc3F)ncn2)n[nH]1.Fc1ccc(C2CCCN2c2cc(Nc3cc(-c4ccncc4)[nH]n3)ncn2)c(F)c1.Fc1ccc(C2CCCN2c2cc(Nc3cc(C4CCC4)[nH]n3)ncn2)c(F)c1. The van der Waals surface area contributed by atoms with E-state index in [1.165, 1.54) is 99.2 Å². The third-order valence-electron chi connectivity index (χ3n) is 20.8. The van der Waals surface area contributed by atoms with Crippen molar-refractivity contribution in [2.75, 3.05) is 73.7 Å². The van der Waals surface area contributed by atoms with Crippen LogP contribution in [0.4, 0.5) is 105 Å². The van der Waals surface area contributed by atoms with Crippen LogP contribution >= 0.6 is 0 Å². The molecule has 36 heteroatoms. The second-order valence-electron chi connectivity index (χ2n) is 29.0. The van der Waals surface area contributed by atoms with Crippen molar-refractivity contribution in [1.82, 2.24) is 85.6 Å². The third kappa shape index (κ3) is 19.7. The van der Waals surface area contributed by atoms with Crippen molar-refractivity contribution < 1.29 is 49.4 Å². The minimum absolute atomic E-state index is 0.0239. The number of aromatic amines is 4. The van der Waals surface area contributed by atoms with E-state index < -0.39 is 52.5 Å². The Labute approximate surface area is 677 Å². The van der Waals surface area contributed by atoms with Gasteiger partial charge < -0.3 is 50.3 Å².